The van der Waals surface area contributed by atoms with Gasteiger partial charge in [-0.1, -0.05) is 19.3 Å². The second-order valence-corrected chi connectivity index (χ2v) is 7.70. The van der Waals surface area contributed by atoms with Gasteiger partial charge in [-0.05, 0) is 12.8 Å². The zero-order valence-electron chi connectivity index (χ0n) is 13.2. The normalized spacial score (nSPS) is 24.4. The minimum absolute atomic E-state index is 0.149. The van der Waals surface area contributed by atoms with E-state index in [0.29, 0.717) is 5.82 Å². The van der Waals surface area contributed by atoms with Crippen molar-refractivity contribution in [3.63, 3.8) is 0 Å². The molecule has 1 fully saturated rings. The third-order valence-electron chi connectivity index (χ3n) is 5.07. The van der Waals surface area contributed by atoms with Gasteiger partial charge >= 0.3 is 0 Å². The van der Waals surface area contributed by atoms with Gasteiger partial charge in [-0.2, -0.15) is 0 Å². The average molecular weight is 369 g/mol. The van der Waals surface area contributed by atoms with Crippen molar-refractivity contribution in [3.8, 4) is 0 Å². The van der Waals surface area contributed by atoms with E-state index in [1.807, 2.05) is 0 Å². The average Bonchev–Trinajstić information content (AvgIpc) is 3.00. The number of aliphatic hydroxyl groups is 6. The van der Waals surface area contributed by atoms with Crippen molar-refractivity contribution < 1.29 is 30.6 Å². The fraction of sp³-hybridized carbons (Fsp3) is 0.600. The summed E-state index contributed by atoms with van der Waals surface area (Å²) in [6, 6.07) is 0.150. The number of rotatable bonds is 2. The van der Waals surface area contributed by atoms with Gasteiger partial charge in [0.25, 0.3) is 17.4 Å². The summed E-state index contributed by atoms with van der Waals surface area (Å²) in [5.41, 5.74) is -0.401. The summed E-state index contributed by atoms with van der Waals surface area (Å²) in [4.78, 5) is 8.09. The second kappa shape index (κ2) is 5.30. The monoisotopic (exact) mass is 369 g/mol. The number of nitrogens with zero attached hydrogens (tertiary/aromatic N) is 2. The standard InChI is InChI=1S/C15H19N3O6S/c19-13(20)9-8-11(18-7-4-2-1-3-5-7)16-6-17-12(8)25-10(9)14(21,22)15(13,23)24/h6-7,19-24H,1-5H2,(H,16,17,18). The van der Waals surface area contributed by atoms with E-state index in [1.54, 1.807) is 0 Å². The Morgan fingerprint density at radius 1 is 0.960 bits per heavy atom. The molecular weight excluding hydrogens is 350 g/mol. The Labute approximate surface area is 146 Å². The predicted octanol–water partition coefficient (Wildman–Crippen LogP) is -0.595. The molecule has 9 nitrogen and oxygen atoms in total. The van der Waals surface area contributed by atoms with E-state index in [0.717, 1.165) is 43.4 Å². The molecule has 7 N–H and O–H groups in total. The van der Waals surface area contributed by atoms with Gasteiger partial charge in [0.15, 0.2) is 0 Å². The molecule has 0 spiro atoms. The molecule has 0 aromatic carbocycles. The Bertz CT molecular complexity index is 828. The van der Waals surface area contributed by atoms with Gasteiger partial charge in [0, 0.05) is 11.6 Å². The van der Waals surface area contributed by atoms with Crippen LogP contribution in [-0.4, -0.2) is 52.4 Å². The van der Waals surface area contributed by atoms with Crippen molar-refractivity contribution in [1.82, 2.24) is 9.97 Å². The lowest BCUT2D eigenvalue weighted by Gasteiger charge is -2.34. The molecule has 2 aliphatic carbocycles. The first-order chi connectivity index (χ1) is 11.7. The highest BCUT2D eigenvalue weighted by molar-refractivity contribution is 7.19. The third kappa shape index (κ3) is 2.16. The van der Waals surface area contributed by atoms with E-state index in [1.165, 1.54) is 6.33 Å². The van der Waals surface area contributed by atoms with Gasteiger partial charge < -0.3 is 36.0 Å². The van der Waals surface area contributed by atoms with Crippen molar-refractivity contribution >= 4 is 27.4 Å². The Morgan fingerprint density at radius 3 is 2.32 bits per heavy atom. The van der Waals surface area contributed by atoms with E-state index in [-0.39, 0.29) is 21.1 Å². The largest absolute Gasteiger partial charge is 0.367 e. The molecule has 0 radical (unpaired) electrons. The lowest BCUT2D eigenvalue weighted by molar-refractivity contribution is -0.449. The molecule has 4 rings (SSSR count). The minimum Gasteiger partial charge on any atom is -0.367 e. The Balaban J connectivity index is 1.89. The number of thiophene rings is 1. The van der Waals surface area contributed by atoms with Gasteiger partial charge in [0.05, 0.1) is 10.3 Å². The third-order valence-corrected chi connectivity index (χ3v) is 6.27. The molecular formula is C15H19N3O6S. The molecule has 0 aliphatic heterocycles. The molecule has 0 amide bonds. The summed E-state index contributed by atoms with van der Waals surface area (Å²) in [5, 5.41) is 64.0. The van der Waals surface area contributed by atoms with Crippen molar-refractivity contribution in [2.75, 3.05) is 5.32 Å². The van der Waals surface area contributed by atoms with Gasteiger partial charge in [0.2, 0.25) is 0 Å². The Hall–Kier alpha value is -1.40. The van der Waals surface area contributed by atoms with Gasteiger partial charge in [0.1, 0.15) is 17.0 Å². The molecule has 0 bridgehead atoms. The molecule has 2 aromatic heterocycles. The van der Waals surface area contributed by atoms with E-state index >= 15 is 0 Å². The van der Waals surface area contributed by atoms with Gasteiger partial charge in [-0.25, -0.2) is 9.97 Å². The second-order valence-electron chi connectivity index (χ2n) is 6.70. The first kappa shape index (κ1) is 17.0. The summed E-state index contributed by atoms with van der Waals surface area (Å²) < 4.78 is 0. The molecule has 0 saturated heterocycles. The first-order valence-electron chi connectivity index (χ1n) is 8.07. The van der Waals surface area contributed by atoms with E-state index in [4.69, 9.17) is 0 Å². The maximum Gasteiger partial charge on any atom is 0.284 e. The molecule has 2 aromatic rings. The van der Waals surface area contributed by atoms with Crippen molar-refractivity contribution in [1.29, 1.82) is 0 Å². The molecule has 25 heavy (non-hydrogen) atoms. The van der Waals surface area contributed by atoms with Crippen LogP contribution in [0, 0.1) is 0 Å². The van der Waals surface area contributed by atoms with Crippen molar-refractivity contribution in [2.45, 2.75) is 55.5 Å². The highest BCUT2D eigenvalue weighted by atomic mass is 32.1. The lowest BCUT2D eigenvalue weighted by Crippen LogP contribution is -2.59. The van der Waals surface area contributed by atoms with Crippen LogP contribution in [0.25, 0.3) is 10.2 Å². The van der Waals surface area contributed by atoms with E-state index in [2.05, 4.69) is 15.3 Å². The van der Waals surface area contributed by atoms with Crippen molar-refractivity contribution in [3.05, 3.63) is 16.8 Å². The van der Waals surface area contributed by atoms with Crippen LogP contribution in [0.1, 0.15) is 42.5 Å². The number of fused-ring (bicyclic) bond motifs is 3. The minimum atomic E-state index is -3.59. The van der Waals surface area contributed by atoms with Crippen LogP contribution < -0.4 is 5.32 Å². The van der Waals surface area contributed by atoms with Gasteiger partial charge in [-0.3, -0.25) is 0 Å². The zero-order chi connectivity index (χ0) is 18.0. The van der Waals surface area contributed by atoms with Crippen LogP contribution >= 0.6 is 11.3 Å². The molecule has 0 unspecified atom stereocenters. The van der Waals surface area contributed by atoms with Crippen LogP contribution in [0.4, 0.5) is 5.82 Å². The fourth-order valence-corrected chi connectivity index (χ4v) is 4.86. The van der Waals surface area contributed by atoms with Gasteiger partial charge in [-0.15, -0.1) is 11.3 Å². The summed E-state index contributed by atoms with van der Waals surface area (Å²) in [5.74, 6) is -9.83. The Kier molecular flexibility index (Phi) is 3.61. The van der Waals surface area contributed by atoms with Crippen LogP contribution in [0.3, 0.4) is 0 Å². The van der Waals surface area contributed by atoms with E-state index < -0.39 is 22.9 Å². The summed E-state index contributed by atoms with van der Waals surface area (Å²) in [6.45, 7) is 0. The maximum absolute atomic E-state index is 10.3. The Morgan fingerprint density at radius 2 is 1.64 bits per heavy atom. The smallest absolute Gasteiger partial charge is 0.284 e. The first-order valence-corrected chi connectivity index (χ1v) is 8.89. The van der Waals surface area contributed by atoms with Crippen LogP contribution in [0.5, 0.6) is 0 Å². The highest BCUT2D eigenvalue weighted by Gasteiger charge is 2.72. The summed E-state index contributed by atoms with van der Waals surface area (Å²) in [6.07, 6.45) is 6.48. The fourth-order valence-electron chi connectivity index (χ4n) is 3.64. The molecule has 2 aliphatic rings. The number of anilines is 1. The molecule has 10 heteroatoms. The number of hydrogen-bond donors (Lipinski definition) is 7. The molecule has 0 atom stereocenters. The zero-order valence-corrected chi connectivity index (χ0v) is 14.0. The number of aromatic nitrogens is 2. The quantitative estimate of drug-likeness (QED) is 0.343. The van der Waals surface area contributed by atoms with Crippen molar-refractivity contribution in [2.24, 2.45) is 0 Å². The predicted molar refractivity (Wildman–Crippen MR) is 87.3 cm³/mol. The van der Waals surface area contributed by atoms with Crippen LogP contribution in [0.2, 0.25) is 0 Å². The molecule has 136 valence electrons. The number of nitrogens with one attached hydrogen (secondary N) is 1. The molecule has 1 saturated carbocycles. The highest BCUT2D eigenvalue weighted by Crippen LogP contribution is 2.56. The summed E-state index contributed by atoms with van der Waals surface area (Å²) >= 11 is 0.743. The topological polar surface area (TPSA) is 159 Å². The van der Waals surface area contributed by atoms with E-state index in [9.17, 15) is 30.6 Å². The SMILES string of the molecule is OC1(O)c2sc3ncnc(NC4CCCCC4)c3c2C(O)(O)C1(O)O. The molecule has 2 heterocycles. The maximum atomic E-state index is 10.3. The number of hydrogen-bond acceptors (Lipinski definition) is 10. The lowest BCUT2D eigenvalue weighted by atomic mass is 9.95. The van der Waals surface area contributed by atoms with Crippen LogP contribution in [-0.2, 0) is 11.6 Å². The van der Waals surface area contributed by atoms with Crippen LogP contribution in [0.15, 0.2) is 6.33 Å². The summed E-state index contributed by atoms with van der Waals surface area (Å²) in [7, 11) is 0.